The molecule has 34 heavy (non-hydrogen) atoms. The van der Waals surface area contributed by atoms with Gasteiger partial charge in [-0.3, -0.25) is 4.79 Å². The van der Waals surface area contributed by atoms with E-state index in [0.29, 0.717) is 40.7 Å². The zero-order valence-corrected chi connectivity index (χ0v) is 19.8. The van der Waals surface area contributed by atoms with E-state index in [0.717, 1.165) is 17.3 Å². The van der Waals surface area contributed by atoms with Crippen LogP contribution in [0, 0.1) is 6.92 Å². The lowest BCUT2D eigenvalue weighted by molar-refractivity contribution is 0.354. The van der Waals surface area contributed by atoms with Crippen molar-refractivity contribution in [3.63, 3.8) is 0 Å². The molecule has 0 bridgehead atoms. The molecule has 0 radical (unpaired) electrons. The van der Waals surface area contributed by atoms with Gasteiger partial charge >= 0.3 is 5.63 Å². The Kier molecular flexibility index (Phi) is 6.56. The Labute approximate surface area is 199 Å². The normalized spacial score (nSPS) is 11.0. The summed E-state index contributed by atoms with van der Waals surface area (Å²) in [7, 11) is 3.13. The lowest BCUT2D eigenvalue weighted by atomic mass is 10.1. The van der Waals surface area contributed by atoms with Crippen LogP contribution in [-0.4, -0.2) is 23.9 Å². The quantitative estimate of drug-likeness (QED) is 0.382. The molecule has 2 aromatic heterocycles. The number of hydrogen-bond donors (Lipinski definition) is 2. The topological polar surface area (TPSA) is 117 Å². The summed E-state index contributed by atoms with van der Waals surface area (Å²) in [6.07, 6.45) is 0.534. The maximum absolute atomic E-state index is 13.4. The van der Waals surface area contributed by atoms with Crippen molar-refractivity contribution in [3.8, 4) is 17.2 Å². The van der Waals surface area contributed by atoms with E-state index < -0.39 is 16.9 Å². The number of aromatic nitrogens is 1. The molecule has 0 aliphatic heterocycles. The van der Waals surface area contributed by atoms with Crippen LogP contribution in [0.3, 0.4) is 0 Å². The first-order chi connectivity index (χ1) is 16.3. The number of pyridine rings is 1. The standard InChI is InChI=1S/C25H24N2O6S/c1-14-12-19-21(22(28)23(25(30)33-19)34-20-7-5-4-6-16(20)26)24(29)27(14)11-10-15-8-9-17(31-2)18(13-15)32-3/h4-9,12-13,28H,10-11,26H2,1-3H3. The molecule has 0 aliphatic carbocycles. The highest BCUT2D eigenvalue weighted by Gasteiger charge is 2.21. The molecule has 0 saturated heterocycles. The van der Waals surface area contributed by atoms with Gasteiger partial charge in [-0.2, -0.15) is 0 Å². The second-order valence-corrected chi connectivity index (χ2v) is 8.68. The molecule has 0 spiro atoms. The molecule has 4 aromatic rings. The fourth-order valence-electron chi connectivity index (χ4n) is 3.72. The first-order valence-corrected chi connectivity index (χ1v) is 11.3. The minimum absolute atomic E-state index is 0.0396. The van der Waals surface area contributed by atoms with Gasteiger partial charge in [0, 0.05) is 28.9 Å². The summed E-state index contributed by atoms with van der Waals surface area (Å²) in [4.78, 5) is 26.4. The van der Waals surface area contributed by atoms with Crippen molar-refractivity contribution >= 4 is 28.4 Å². The average Bonchev–Trinajstić information content (AvgIpc) is 2.82. The number of aryl methyl sites for hydroxylation is 2. The number of hydrogen-bond acceptors (Lipinski definition) is 8. The molecule has 9 heteroatoms. The molecule has 2 heterocycles. The Morgan fingerprint density at radius 1 is 1.06 bits per heavy atom. The fraction of sp³-hybridized carbons (Fsp3) is 0.200. The van der Waals surface area contributed by atoms with Gasteiger partial charge in [0.25, 0.3) is 5.56 Å². The highest BCUT2D eigenvalue weighted by atomic mass is 32.2. The molecule has 2 aromatic carbocycles. The molecule has 0 aliphatic rings. The first-order valence-electron chi connectivity index (χ1n) is 10.5. The highest BCUT2D eigenvalue weighted by Crippen LogP contribution is 2.37. The number of methoxy groups -OCH3 is 2. The second-order valence-electron chi connectivity index (χ2n) is 7.63. The molecule has 0 unspecified atom stereocenters. The molecule has 0 fully saturated rings. The van der Waals surface area contributed by atoms with Crippen molar-refractivity contribution in [1.82, 2.24) is 4.57 Å². The third-order valence-corrected chi connectivity index (χ3v) is 6.67. The SMILES string of the molecule is COc1ccc(CCn2c(C)cc3oc(=O)c(Sc4ccccc4N)c(O)c3c2=O)cc1OC. The van der Waals surface area contributed by atoms with Gasteiger partial charge in [-0.05, 0) is 43.2 Å². The van der Waals surface area contributed by atoms with Crippen LogP contribution in [0.5, 0.6) is 17.2 Å². The van der Waals surface area contributed by atoms with E-state index in [-0.39, 0.29) is 15.9 Å². The minimum atomic E-state index is -0.736. The average molecular weight is 481 g/mol. The second kappa shape index (κ2) is 9.56. The summed E-state index contributed by atoms with van der Waals surface area (Å²) < 4.78 is 17.6. The lowest BCUT2D eigenvalue weighted by Gasteiger charge is -2.14. The fourth-order valence-corrected chi connectivity index (χ4v) is 4.60. The number of rotatable bonds is 7. The van der Waals surface area contributed by atoms with Gasteiger partial charge in [-0.1, -0.05) is 30.0 Å². The van der Waals surface area contributed by atoms with E-state index in [1.807, 2.05) is 18.2 Å². The number of nitrogens with zero attached hydrogens (tertiary/aromatic N) is 1. The molecule has 0 amide bonds. The molecular formula is C25H24N2O6S. The Morgan fingerprint density at radius 2 is 1.79 bits per heavy atom. The van der Waals surface area contributed by atoms with Crippen molar-refractivity contribution in [2.75, 3.05) is 20.0 Å². The monoisotopic (exact) mass is 480 g/mol. The van der Waals surface area contributed by atoms with Gasteiger partial charge in [0.1, 0.15) is 15.9 Å². The van der Waals surface area contributed by atoms with Crippen LogP contribution >= 0.6 is 11.8 Å². The van der Waals surface area contributed by atoms with Gasteiger partial charge < -0.3 is 29.3 Å². The van der Waals surface area contributed by atoms with E-state index in [1.165, 1.54) is 0 Å². The van der Waals surface area contributed by atoms with Crippen LogP contribution in [0.2, 0.25) is 0 Å². The summed E-state index contributed by atoms with van der Waals surface area (Å²) in [5, 5.41) is 10.9. The van der Waals surface area contributed by atoms with Crippen LogP contribution in [0.4, 0.5) is 5.69 Å². The van der Waals surface area contributed by atoms with Crippen LogP contribution in [0.1, 0.15) is 11.3 Å². The Hall–Kier alpha value is -3.85. The zero-order valence-electron chi connectivity index (χ0n) is 19.0. The van der Waals surface area contributed by atoms with Crippen molar-refractivity contribution < 1.29 is 19.0 Å². The van der Waals surface area contributed by atoms with Crippen LogP contribution in [0.25, 0.3) is 11.0 Å². The summed E-state index contributed by atoms with van der Waals surface area (Å²) in [5.74, 6) is 0.808. The molecule has 0 saturated carbocycles. The maximum atomic E-state index is 13.4. The number of nitrogens with two attached hydrogens (primary N) is 1. The van der Waals surface area contributed by atoms with Crippen molar-refractivity contribution in [2.45, 2.75) is 29.7 Å². The summed E-state index contributed by atoms with van der Waals surface area (Å²) in [6.45, 7) is 2.10. The predicted octanol–water partition coefficient (Wildman–Crippen LogP) is 3.96. The molecule has 0 atom stereocenters. The largest absolute Gasteiger partial charge is 0.505 e. The number of aromatic hydroxyl groups is 1. The molecule has 176 valence electrons. The van der Waals surface area contributed by atoms with Gasteiger partial charge in [0.05, 0.1) is 14.2 Å². The number of para-hydroxylation sites is 1. The van der Waals surface area contributed by atoms with E-state index in [2.05, 4.69) is 0 Å². The minimum Gasteiger partial charge on any atom is -0.505 e. The Balaban J connectivity index is 1.74. The third kappa shape index (κ3) is 4.34. The molecular weight excluding hydrogens is 456 g/mol. The predicted molar refractivity (Wildman–Crippen MR) is 131 cm³/mol. The number of benzene rings is 2. The number of nitrogen functional groups attached to an aromatic ring is 1. The number of fused-ring (bicyclic) bond motifs is 1. The van der Waals surface area contributed by atoms with Crippen LogP contribution in [0.15, 0.2) is 72.3 Å². The van der Waals surface area contributed by atoms with Crippen molar-refractivity contribution in [2.24, 2.45) is 0 Å². The number of anilines is 1. The maximum Gasteiger partial charge on any atom is 0.354 e. The summed E-state index contributed by atoms with van der Waals surface area (Å²) in [5.41, 5.74) is 6.83. The van der Waals surface area contributed by atoms with E-state index in [9.17, 15) is 14.7 Å². The van der Waals surface area contributed by atoms with Crippen molar-refractivity contribution in [3.05, 3.63) is 80.6 Å². The Morgan fingerprint density at radius 3 is 2.50 bits per heavy atom. The van der Waals surface area contributed by atoms with E-state index >= 15 is 0 Å². The highest BCUT2D eigenvalue weighted by molar-refractivity contribution is 7.99. The molecule has 8 nitrogen and oxygen atoms in total. The zero-order chi connectivity index (χ0) is 24.4. The van der Waals surface area contributed by atoms with Crippen LogP contribution < -0.4 is 26.4 Å². The molecule has 3 N–H and O–H groups in total. The first kappa shape index (κ1) is 23.3. The van der Waals surface area contributed by atoms with Gasteiger partial charge in [0.2, 0.25) is 0 Å². The van der Waals surface area contributed by atoms with Gasteiger partial charge in [0.15, 0.2) is 17.2 Å². The van der Waals surface area contributed by atoms with Gasteiger partial charge in [-0.15, -0.1) is 0 Å². The van der Waals surface area contributed by atoms with Gasteiger partial charge in [-0.25, -0.2) is 4.79 Å². The lowest BCUT2D eigenvalue weighted by Crippen LogP contribution is -2.24. The third-order valence-electron chi connectivity index (χ3n) is 5.51. The summed E-state index contributed by atoms with van der Waals surface area (Å²) >= 11 is 0.964. The Bertz CT molecular complexity index is 1490. The number of ether oxygens (including phenoxy) is 2. The van der Waals surface area contributed by atoms with E-state index in [1.54, 1.807) is 56.0 Å². The van der Waals surface area contributed by atoms with Crippen molar-refractivity contribution in [1.29, 1.82) is 0 Å². The van der Waals surface area contributed by atoms with E-state index in [4.69, 9.17) is 19.6 Å². The smallest absolute Gasteiger partial charge is 0.354 e. The molecule has 4 rings (SSSR count). The summed E-state index contributed by atoms with van der Waals surface area (Å²) in [6, 6.07) is 14.1. The van der Waals surface area contributed by atoms with Crippen LogP contribution in [-0.2, 0) is 13.0 Å².